The number of fused-ring (bicyclic) bond motifs is 1. The van der Waals surface area contributed by atoms with Gasteiger partial charge in [-0.15, -0.1) is 0 Å². The molecule has 0 aliphatic carbocycles. The normalized spacial score (nSPS) is 18.0. The Morgan fingerprint density at radius 1 is 1.26 bits per heavy atom. The van der Waals surface area contributed by atoms with Crippen molar-refractivity contribution in [3.63, 3.8) is 0 Å². The molecule has 0 N–H and O–H groups in total. The van der Waals surface area contributed by atoms with E-state index < -0.39 is 9.84 Å². The van der Waals surface area contributed by atoms with Crippen LogP contribution in [-0.2, 0) is 23.6 Å². The quantitative estimate of drug-likeness (QED) is 0.625. The van der Waals surface area contributed by atoms with Gasteiger partial charge < -0.3 is 4.57 Å². The van der Waals surface area contributed by atoms with Crippen molar-refractivity contribution >= 4 is 22.1 Å². The molecule has 0 saturated carbocycles. The van der Waals surface area contributed by atoms with Gasteiger partial charge in [-0.2, -0.15) is 5.10 Å². The molecule has 9 heteroatoms. The summed E-state index contributed by atoms with van der Waals surface area (Å²) in [5, 5.41) is 4.63. The van der Waals surface area contributed by atoms with Crippen molar-refractivity contribution in [1.82, 2.24) is 24.2 Å². The lowest BCUT2D eigenvalue weighted by Crippen LogP contribution is -2.29. The zero-order valence-corrected chi connectivity index (χ0v) is 16.6. The van der Waals surface area contributed by atoms with E-state index >= 15 is 0 Å². The molecule has 0 radical (unpaired) electrons. The van der Waals surface area contributed by atoms with Crippen LogP contribution < -0.4 is 0 Å². The maximum atomic E-state index is 12.4. The zero-order valence-electron chi connectivity index (χ0n) is 15.0. The second-order valence-electron chi connectivity index (χ2n) is 6.64. The summed E-state index contributed by atoms with van der Waals surface area (Å²) >= 11 is 5.53. The molecule has 0 saturated heterocycles. The van der Waals surface area contributed by atoms with Crippen LogP contribution in [-0.4, -0.2) is 45.4 Å². The summed E-state index contributed by atoms with van der Waals surface area (Å²) in [6, 6.07) is 10.7. The van der Waals surface area contributed by atoms with Crippen LogP contribution in [0.4, 0.5) is 0 Å². The van der Waals surface area contributed by atoms with Crippen LogP contribution >= 0.6 is 12.2 Å². The molecule has 27 heavy (non-hydrogen) atoms. The molecule has 140 valence electrons. The number of benzene rings is 1. The Labute approximate surface area is 162 Å². The Bertz CT molecular complexity index is 1150. The van der Waals surface area contributed by atoms with Gasteiger partial charge >= 0.3 is 0 Å². The smallest absolute Gasteiger partial charge is 0.199 e. The zero-order chi connectivity index (χ0) is 19.2. The van der Waals surface area contributed by atoms with E-state index in [4.69, 9.17) is 12.2 Å². The Balaban J connectivity index is 1.65. The molecule has 1 aromatic carbocycles. The highest BCUT2D eigenvalue weighted by Gasteiger charge is 2.36. The molecule has 0 bridgehead atoms. The summed E-state index contributed by atoms with van der Waals surface area (Å²) < 4.78 is 29.0. The van der Waals surface area contributed by atoms with E-state index in [0.29, 0.717) is 16.3 Å². The molecule has 0 spiro atoms. The van der Waals surface area contributed by atoms with Gasteiger partial charge in [0.05, 0.1) is 23.4 Å². The third kappa shape index (κ3) is 3.11. The number of aromatic nitrogens is 4. The molecule has 0 fully saturated rings. The van der Waals surface area contributed by atoms with Crippen LogP contribution in [0.5, 0.6) is 0 Å². The van der Waals surface area contributed by atoms with E-state index in [1.807, 2.05) is 47.8 Å². The SMILES string of the molecule is CN(Cn1nc(-c2cccnc2)n(C)c1=S)C1CS(=O)(=O)c2ccccc21. The molecule has 1 unspecified atom stereocenters. The molecule has 4 rings (SSSR count). The fourth-order valence-corrected chi connectivity index (χ4v) is 5.49. The van der Waals surface area contributed by atoms with Gasteiger partial charge in [0.15, 0.2) is 20.4 Å². The van der Waals surface area contributed by atoms with Crippen molar-refractivity contribution in [2.75, 3.05) is 12.8 Å². The van der Waals surface area contributed by atoms with Gasteiger partial charge in [0.2, 0.25) is 0 Å². The molecule has 3 aromatic rings. The minimum atomic E-state index is -3.26. The van der Waals surface area contributed by atoms with Gasteiger partial charge in [-0.25, -0.2) is 13.1 Å². The predicted octanol–water partition coefficient (Wildman–Crippen LogP) is 2.43. The lowest BCUT2D eigenvalue weighted by Gasteiger charge is -2.23. The highest BCUT2D eigenvalue weighted by atomic mass is 32.2. The van der Waals surface area contributed by atoms with Crippen LogP contribution in [0.1, 0.15) is 11.6 Å². The number of hydrogen-bond donors (Lipinski definition) is 0. The van der Waals surface area contributed by atoms with Crippen molar-refractivity contribution in [1.29, 1.82) is 0 Å². The van der Waals surface area contributed by atoms with Gasteiger partial charge in [0.25, 0.3) is 0 Å². The first-order valence-corrected chi connectivity index (χ1v) is 10.5. The summed E-state index contributed by atoms with van der Waals surface area (Å²) in [6.45, 7) is 0.390. The van der Waals surface area contributed by atoms with E-state index in [-0.39, 0.29) is 11.8 Å². The molecule has 3 heterocycles. The van der Waals surface area contributed by atoms with Crippen molar-refractivity contribution < 1.29 is 8.42 Å². The van der Waals surface area contributed by atoms with Gasteiger partial charge in [0, 0.05) is 25.0 Å². The Morgan fingerprint density at radius 3 is 2.78 bits per heavy atom. The second-order valence-corrected chi connectivity index (χ2v) is 9.01. The van der Waals surface area contributed by atoms with E-state index in [2.05, 4.69) is 10.1 Å². The van der Waals surface area contributed by atoms with E-state index in [1.165, 1.54) is 0 Å². The van der Waals surface area contributed by atoms with E-state index in [9.17, 15) is 8.42 Å². The maximum absolute atomic E-state index is 12.4. The average molecular weight is 402 g/mol. The lowest BCUT2D eigenvalue weighted by molar-refractivity contribution is 0.197. The summed E-state index contributed by atoms with van der Waals surface area (Å²) in [4.78, 5) is 6.52. The monoisotopic (exact) mass is 401 g/mol. The number of rotatable bonds is 4. The highest BCUT2D eigenvalue weighted by molar-refractivity contribution is 7.91. The third-order valence-corrected chi connectivity index (χ3v) is 7.12. The van der Waals surface area contributed by atoms with Crippen molar-refractivity contribution in [2.45, 2.75) is 17.6 Å². The fraction of sp³-hybridized carbons (Fsp3) is 0.278. The van der Waals surface area contributed by atoms with Crippen LogP contribution in [0.2, 0.25) is 0 Å². The lowest BCUT2D eigenvalue weighted by atomic mass is 10.1. The molecule has 7 nitrogen and oxygen atoms in total. The third-order valence-electron chi connectivity index (χ3n) is 4.84. The molecular formula is C18H19N5O2S2. The van der Waals surface area contributed by atoms with Crippen LogP contribution in [0, 0.1) is 4.77 Å². The molecule has 1 aliphatic rings. The molecular weight excluding hydrogens is 382 g/mol. The Hall–Kier alpha value is -2.36. The van der Waals surface area contributed by atoms with Crippen molar-refractivity contribution in [2.24, 2.45) is 7.05 Å². The average Bonchev–Trinajstić information content (AvgIpc) is 3.11. The minimum Gasteiger partial charge on any atom is -0.303 e. The fourth-order valence-electron chi connectivity index (χ4n) is 3.43. The number of hydrogen-bond acceptors (Lipinski definition) is 6. The summed E-state index contributed by atoms with van der Waals surface area (Å²) in [7, 11) is 0.497. The topological polar surface area (TPSA) is 73.0 Å². The standard InChI is InChI=1S/C18H19N5O2S2/c1-21(15-11-27(24,25)16-8-4-3-7-14(15)16)12-23-18(26)22(2)17(20-23)13-6-5-9-19-10-13/h3-10,15H,11-12H2,1-2H3. The molecule has 0 amide bonds. The van der Waals surface area contributed by atoms with Crippen molar-refractivity contribution in [3.8, 4) is 11.4 Å². The second kappa shape index (κ2) is 6.66. The highest BCUT2D eigenvalue weighted by Crippen LogP contribution is 2.36. The van der Waals surface area contributed by atoms with Gasteiger partial charge in [0.1, 0.15) is 0 Å². The molecule has 1 aliphatic heterocycles. The summed E-state index contributed by atoms with van der Waals surface area (Å²) in [5.74, 6) is 0.791. The van der Waals surface area contributed by atoms with E-state index in [1.54, 1.807) is 29.2 Å². The van der Waals surface area contributed by atoms with Crippen LogP contribution in [0.3, 0.4) is 0 Å². The number of sulfone groups is 1. The van der Waals surface area contributed by atoms with Crippen molar-refractivity contribution in [3.05, 3.63) is 59.1 Å². The Kier molecular flexibility index (Phi) is 4.45. The van der Waals surface area contributed by atoms with Gasteiger partial charge in [-0.3, -0.25) is 9.88 Å². The van der Waals surface area contributed by atoms with Crippen LogP contribution in [0.15, 0.2) is 53.7 Å². The largest absolute Gasteiger partial charge is 0.303 e. The predicted molar refractivity (Wildman–Crippen MR) is 104 cm³/mol. The number of pyridine rings is 1. The molecule has 1 atom stereocenters. The first-order chi connectivity index (χ1) is 12.9. The summed E-state index contributed by atoms with van der Waals surface area (Å²) in [5.41, 5.74) is 1.70. The van der Waals surface area contributed by atoms with Crippen LogP contribution in [0.25, 0.3) is 11.4 Å². The Morgan fingerprint density at radius 2 is 2.04 bits per heavy atom. The summed E-state index contributed by atoms with van der Waals surface area (Å²) in [6.07, 6.45) is 3.45. The molecule has 2 aromatic heterocycles. The first-order valence-electron chi connectivity index (χ1n) is 8.44. The first kappa shape index (κ1) is 18.0. The minimum absolute atomic E-state index is 0.0679. The van der Waals surface area contributed by atoms with E-state index in [0.717, 1.165) is 17.0 Å². The van der Waals surface area contributed by atoms with Gasteiger partial charge in [-0.05, 0) is 43.0 Å². The van der Waals surface area contributed by atoms with Gasteiger partial charge in [-0.1, -0.05) is 18.2 Å². The number of nitrogens with zero attached hydrogens (tertiary/aromatic N) is 5. The maximum Gasteiger partial charge on any atom is 0.199 e.